The first-order valence-electron chi connectivity index (χ1n) is 7.51. The minimum absolute atomic E-state index is 0.940. The van der Waals surface area contributed by atoms with Crippen molar-refractivity contribution in [2.75, 3.05) is 0 Å². The lowest BCUT2D eigenvalue weighted by Crippen LogP contribution is -1.92. The lowest BCUT2D eigenvalue weighted by Gasteiger charge is -1.98. The second-order valence-corrected chi connectivity index (χ2v) is 6.62. The molecule has 0 radical (unpaired) electrons. The van der Waals surface area contributed by atoms with Gasteiger partial charge < -0.3 is 0 Å². The molecule has 4 rings (SSSR count). The minimum atomic E-state index is 0.940. The Bertz CT molecular complexity index is 771. The third-order valence-electron chi connectivity index (χ3n) is 4.06. The fourth-order valence-electron chi connectivity index (χ4n) is 3.10. The summed E-state index contributed by atoms with van der Waals surface area (Å²) in [6, 6.07) is 0. The molecule has 0 N–H and O–H groups in total. The second-order valence-electron chi connectivity index (χ2n) is 5.54. The van der Waals surface area contributed by atoms with E-state index in [1.807, 2.05) is 22.2 Å². The van der Waals surface area contributed by atoms with Crippen molar-refractivity contribution in [1.29, 1.82) is 0 Å². The van der Waals surface area contributed by atoms with Crippen molar-refractivity contribution in [2.24, 2.45) is 0 Å². The molecule has 0 saturated carbocycles. The number of thiophene rings is 1. The summed E-state index contributed by atoms with van der Waals surface area (Å²) in [4.78, 5) is 12.0. The highest BCUT2D eigenvalue weighted by molar-refractivity contribution is 7.19. The molecule has 4 nitrogen and oxygen atoms in total. The van der Waals surface area contributed by atoms with Gasteiger partial charge in [-0.05, 0) is 37.7 Å². The highest BCUT2D eigenvalue weighted by atomic mass is 32.1. The molecule has 0 unspecified atom stereocenters. The Morgan fingerprint density at radius 3 is 3.05 bits per heavy atom. The molecule has 5 heteroatoms. The normalized spacial score (nSPS) is 15.7. The van der Waals surface area contributed by atoms with Crippen LogP contribution in [0.1, 0.15) is 48.9 Å². The highest BCUT2D eigenvalue weighted by Gasteiger charge is 2.19. The van der Waals surface area contributed by atoms with Crippen molar-refractivity contribution in [1.82, 2.24) is 19.6 Å². The Labute approximate surface area is 121 Å². The first kappa shape index (κ1) is 12.3. The highest BCUT2D eigenvalue weighted by Crippen LogP contribution is 2.36. The third-order valence-corrected chi connectivity index (χ3v) is 5.26. The van der Waals surface area contributed by atoms with Gasteiger partial charge in [-0.1, -0.05) is 13.3 Å². The van der Waals surface area contributed by atoms with Gasteiger partial charge in [0.2, 0.25) is 0 Å². The van der Waals surface area contributed by atoms with E-state index < -0.39 is 0 Å². The summed E-state index contributed by atoms with van der Waals surface area (Å²) >= 11 is 1.86. The van der Waals surface area contributed by atoms with Crippen LogP contribution in [0.5, 0.6) is 0 Å². The van der Waals surface area contributed by atoms with E-state index in [1.165, 1.54) is 47.9 Å². The van der Waals surface area contributed by atoms with Crippen molar-refractivity contribution in [2.45, 2.75) is 51.9 Å². The molecule has 20 heavy (non-hydrogen) atoms. The number of aromatic nitrogens is 4. The fourth-order valence-corrected chi connectivity index (χ4v) is 4.33. The standard InChI is InChI=1S/C15H18N4S/c1-2-6-12-17-14-13-10-7-4-3-5-8-11(10)20-15(13)16-9-19(14)18-12/h9H,2-8H2,1H3. The van der Waals surface area contributed by atoms with Crippen LogP contribution in [0.2, 0.25) is 0 Å². The van der Waals surface area contributed by atoms with Crippen LogP contribution in [-0.4, -0.2) is 19.6 Å². The molecule has 0 atom stereocenters. The van der Waals surface area contributed by atoms with Crippen LogP contribution < -0.4 is 0 Å². The smallest absolute Gasteiger partial charge is 0.167 e. The Morgan fingerprint density at radius 2 is 2.15 bits per heavy atom. The molecule has 0 spiro atoms. The Kier molecular flexibility index (Phi) is 2.95. The van der Waals surface area contributed by atoms with Gasteiger partial charge in [-0.2, -0.15) is 0 Å². The zero-order valence-electron chi connectivity index (χ0n) is 11.7. The molecular weight excluding hydrogens is 268 g/mol. The van der Waals surface area contributed by atoms with E-state index in [4.69, 9.17) is 4.98 Å². The number of rotatable bonds is 2. The number of fused-ring (bicyclic) bond motifs is 5. The molecule has 0 amide bonds. The quantitative estimate of drug-likeness (QED) is 0.676. The molecule has 0 saturated heterocycles. The van der Waals surface area contributed by atoms with Crippen molar-refractivity contribution in [3.05, 3.63) is 22.6 Å². The Balaban J connectivity index is 1.99. The summed E-state index contributed by atoms with van der Waals surface area (Å²) in [7, 11) is 0. The molecule has 3 aromatic rings. The number of nitrogens with zero attached hydrogens (tertiary/aromatic N) is 4. The first-order chi connectivity index (χ1) is 9.86. The Morgan fingerprint density at radius 1 is 1.25 bits per heavy atom. The summed E-state index contributed by atoms with van der Waals surface area (Å²) in [5, 5.41) is 5.82. The summed E-state index contributed by atoms with van der Waals surface area (Å²) in [6.45, 7) is 2.16. The van der Waals surface area contributed by atoms with Gasteiger partial charge in [-0.25, -0.2) is 14.5 Å². The zero-order valence-corrected chi connectivity index (χ0v) is 12.5. The van der Waals surface area contributed by atoms with E-state index in [1.54, 1.807) is 0 Å². The van der Waals surface area contributed by atoms with E-state index in [0.29, 0.717) is 0 Å². The SMILES string of the molecule is CCCc1nc2c3c4c(sc3ncn2n1)CCCCC4. The maximum atomic E-state index is 4.76. The first-order valence-corrected chi connectivity index (χ1v) is 8.33. The van der Waals surface area contributed by atoms with E-state index >= 15 is 0 Å². The molecule has 0 bridgehead atoms. The van der Waals surface area contributed by atoms with E-state index in [9.17, 15) is 0 Å². The van der Waals surface area contributed by atoms with E-state index in [2.05, 4.69) is 17.0 Å². The average Bonchev–Trinajstić information content (AvgIpc) is 2.92. The van der Waals surface area contributed by atoms with Crippen LogP contribution >= 0.6 is 11.3 Å². The van der Waals surface area contributed by atoms with Crippen LogP contribution in [0.4, 0.5) is 0 Å². The maximum absolute atomic E-state index is 4.76. The van der Waals surface area contributed by atoms with Gasteiger partial charge in [-0.15, -0.1) is 16.4 Å². The van der Waals surface area contributed by atoms with Gasteiger partial charge in [0.25, 0.3) is 0 Å². The van der Waals surface area contributed by atoms with Gasteiger partial charge in [0, 0.05) is 11.3 Å². The molecule has 104 valence electrons. The van der Waals surface area contributed by atoms with Gasteiger partial charge in [0.1, 0.15) is 11.2 Å². The predicted octanol–water partition coefficient (Wildman–Crippen LogP) is 3.56. The van der Waals surface area contributed by atoms with Crippen molar-refractivity contribution in [3.63, 3.8) is 0 Å². The number of aryl methyl sites for hydroxylation is 3. The topological polar surface area (TPSA) is 43.1 Å². The van der Waals surface area contributed by atoms with Gasteiger partial charge in [0.15, 0.2) is 11.5 Å². The molecule has 0 aliphatic heterocycles. The minimum Gasteiger partial charge on any atom is -0.225 e. The summed E-state index contributed by atoms with van der Waals surface area (Å²) in [6.07, 6.45) is 10.2. The van der Waals surface area contributed by atoms with Crippen LogP contribution in [0.25, 0.3) is 15.9 Å². The predicted molar refractivity (Wildman–Crippen MR) is 81.4 cm³/mol. The van der Waals surface area contributed by atoms with Crippen molar-refractivity contribution >= 4 is 27.2 Å². The average molecular weight is 286 g/mol. The number of hydrogen-bond acceptors (Lipinski definition) is 4. The van der Waals surface area contributed by atoms with Gasteiger partial charge >= 0.3 is 0 Å². The van der Waals surface area contributed by atoms with Gasteiger partial charge in [-0.3, -0.25) is 0 Å². The van der Waals surface area contributed by atoms with Crippen LogP contribution in [0.3, 0.4) is 0 Å². The molecular formula is C15H18N4S. The van der Waals surface area contributed by atoms with Crippen molar-refractivity contribution < 1.29 is 0 Å². The molecule has 0 aromatic carbocycles. The summed E-state index contributed by atoms with van der Waals surface area (Å²) < 4.78 is 1.87. The van der Waals surface area contributed by atoms with Crippen LogP contribution in [0, 0.1) is 0 Å². The molecule has 3 aromatic heterocycles. The molecule has 1 aliphatic carbocycles. The molecule has 1 aliphatic rings. The van der Waals surface area contributed by atoms with Gasteiger partial charge in [0.05, 0.1) is 5.39 Å². The lowest BCUT2D eigenvalue weighted by molar-refractivity contribution is 0.713. The maximum Gasteiger partial charge on any atom is 0.167 e. The van der Waals surface area contributed by atoms with E-state index in [0.717, 1.165) is 29.1 Å². The Hall–Kier alpha value is -1.49. The molecule has 0 fully saturated rings. The van der Waals surface area contributed by atoms with E-state index in [-0.39, 0.29) is 0 Å². The lowest BCUT2D eigenvalue weighted by atomic mass is 10.1. The van der Waals surface area contributed by atoms with Crippen LogP contribution in [-0.2, 0) is 19.3 Å². The summed E-state index contributed by atoms with van der Waals surface area (Å²) in [5.74, 6) is 0.940. The zero-order chi connectivity index (χ0) is 13.5. The monoisotopic (exact) mass is 286 g/mol. The molecule has 3 heterocycles. The summed E-state index contributed by atoms with van der Waals surface area (Å²) in [5.41, 5.74) is 2.51. The largest absolute Gasteiger partial charge is 0.225 e. The van der Waals surface area contributed by atoms with Crippen LogP contribution in [0.15, 0.2) is 6.33 Å². The third kappa shape index (κ3) is 1.84. The fraction of sp³-hybridized carbons (Fsp3) is 0.533. The second kappa shape index (κ2) is 4.81. The number of hydrogen-bond donors (Lipinski definition) is 0. The van der Waals surface area contributed by atoms with Crippen molar-refractivity contribution in [3.8, 4) is 0 Å².